The number of nitro groups is 2. The van der Waals surface area contributed by atoms with Crippen LogP contribution in [-0.4, -0.2) is 28.9 Å². The molecule has 0 saturated carbocycles. The minimum atomic E-state index is -0.707. The first kappa shape index (κ1) is 57.5. The van der Waals surface area contributed by atoms with Gasteiger partial charge in [-0.05, 0) is 133 Å². The number of aryl methyl sites for hydroxylation is 2. The van der Waals surface area contributed by atoms with Gasteiger partial charge < -0.3 is 22.7 Å². The van der Waals surface area contributed by atoms with E-state index >= 15 is 0 Å². The van der Waals surface area contributed by atoms with Crippen molar-refractivity contribution in [2.24, 2.45) is 0 Å². The van der Waals surface area contributed by atoms with E-state index in [0.29, 0.717) is 16.7 Å². The number of nitro benzene ring substituents is 2. The first-order valence-corrected chi connectivity index (χ1v) is 27.9. The first-order valence-electron chi connectivity index (χ1n) is 24.9. The highest BCUT2D eigenvalue weighted by atomic mass is 79.9. The second-order valence-electron chi connectivity index (χ2n) is 18.7. The van der Waals surface area contributed by atoms with E-state index < -0.39 is 21.8 Å². The Morgan fingerprint density at radius 3 is 1.58 bits per heavy atom. The Morgan fingerprint density at radius 1 is 0.582 bits per heavy atom. The molecule has 8 aromatic carbocycles. The Labute approximate surface area is 480 Å². The van der Waals surface area contributed by atoms with Crippen molar-refractivity contribution >= 4 is 137 Å². The van der Waals surface area contributed by atoms with Crippen molar-refractivity contribution in [3.05, 3.63) is 210 Å². The predicted molar refractivity (Wildman–Crippen MR) is 324 cm³/mol. The van der Waals surface area contributed by atoms with Crippen molar-refractivity contribution in [2.75, 3.05) is 7.11 Å². The van der Waals surface area contributed by atoms with E-state index in [-0.39, 0.29) is 40.9 Å². The second-order valence-corrected chi connectivity index (χ2v) is 21.6. The van der Waals surface area contributed by atoms with E-state index in [2.05, 4.69) is 85.0 Å². The summed E-state index contributed by atoms with van der Waals surface area (Å²) in [5.41, 5.74) is 15.0. The quantitative estimate of drug-likeness (QED) is 0.0581. The Hall–Kier alpha value is -7.66. The number of esters is 2. The fraction of sp³-hybridized carbons (Fsp3) is 0.206. The zero-order valence-corrected chi connectivity index (χ0v) is 48.0. The lowest BCUT2D eigenvalue weighted by Gasteiger charge is -2.13. The molecule has 0 fully saturated rings. The summed E-state index contributed by atoms with van der Waals surface area (Å²) >= 11 is 10.4. The fourth-order valence-corrected chi connectivity index (χ4v) is 11.4. The lowest BCUT2D eigenvalue weighted by atomic mass is 10.00. The van der Waals surface area contributed by atoms with E-state index in [4.69, 9.17) is 22.7 Å². The lowest BCUT2D eigenvalue weighted by molar-refractivity contribution is -0.386. The standard InChI is InChI=1S/C17H15NO5.C16H13BrO3.C15H12BrNO2.C14H11BrO.CH4/c1-3-17(19)22-10(2)12-8-13-11-6-4-5-7-15(11)23-16(13)9-14(12)18(20)21;1-9-7-14-12(8-11(9)15(17)16(18)19-2)10-5-3-4-6-13(10)20-14;1-9(16)13-8-14-11(7-15(13)17(18)19)6-10-4-2-3-5-12(10)14;1-9-6-14-12(7-10(9)8-15)11-4-2-3-5-13(11)16-14;/h4-10H,3H2,1-2H3;3-8,15H,1-2H3;2-5,7-9H,6H2,1H3;2-7H,8H2,1H3;1H4. The highest BCUT2D eigenvalue weighted by Gasteiger charge is 2.27. The predicted octanol–water partition coefficient (Wildman–Crippen LogP) is 19.1. The zero-order chi connectivity index (χ0) is 55.5. The molecule has 1 aliphatic carbocycles. The van der Waals surface area contributed by atoms with Crippen LogP contribution in [0.2, 0.25) is 0 Å². The van der Waals surface area contributed by atoms with Gasteiger partial charge in [0.25, 0.3) is 11.4 Å². The Balaban J connectivity index is 0.000000139. The molecule has 0 aliphatic heterocycles. The molecule has 0 radical (unpaired) electrons. The van der Waals surface area contributed by atoms with E-state index in [1.54, 1.807) is 32.0 Å². The van der Waals surface area contributed by atoms with Crippen molar-refractivity contribution in [1.29, 1.82) is 0 Å². The molecular weight excluding hydrogens is 1200 g/mol. The number of fused-ring (bicyclic) bond motifs is 12. The number of hydrogen-bond acceptors (Lipinski definition) is 11. The highest BCUT2D eigenvalue weighted by molar-refractivity contribution is 9.09. The molecule has 3 aromatic heterocycles. The van der Waals surface area contributed by atoms with E-state index in [9.17, 15) is 29.8 Å². The molecule has 0 spiro atoms. The van der Waals surface area contributed by atoms with Crippen LogP contribution in [-0.2, 0) is 30.8 Å². The van der Waals surface area contributed by atoms with Gasteiger partial charge in [0.05, 0.1) is 28.6 Å². The van der Waals surface area contributed by atoms with E-state index in [1.165, 1.54) is 46.2 Å². The first-order chi connectivity index (χ1) is 37.5. The molecule has 0 bridgehead atoms. The number of methoxy groups -OCH3 is 1. The van der Waals surface area contributed by atoms with Crippen LogP contribution in [0, 0.1) is 34.1 Å². The number of halogens is 3. The third-order valence-corrected chi connectivity index (χ3v) is 15.7. The molecule has 12 rings (SSSR count). The van der Waals surface area contributed by atoms with Gasteiger partial charge in [0, 0.05) is 60.5 Å². The molecule has 79 heavy (non-hydrogen) atoms. The van der Waals surface area contributed by atoms with Crippen LogP contribution in [0.4, 0.5) is 11.4 Å². The number of nitrogens with zero attached hydrogens (tertiary/aromatic N) is 2. The molecule has 404 valence electrons. The number of rotatable bonds is 9. The van der Waals surface area contributed by atoms with Crippen molar-refractivity contribution < 1.29 is 42.2 Å². The monoisotopic (exact) mass is 1250 g/mol. The smallest absolute Gasteiger partial charge is 0.324 e. The summed E-state index contributed by atoms with van der Waals surface area (Å²) in [5.74, 6) is -0.704. The molecule has 13 nitrogen and oxygen atoms in total. The number of carbonyl (C=O) groups is 2. The molecule has 0 amide bonds. The summed E-state index contributed by atoms with van der Waals surface area (Å²) in [6.07, 6.45) is 0.291. The van der Waals surface area contributed by atoms with Crippen LogP contribution in [0.25, 0.3) is 76.9 Å². The molecule has 3 heterocycles. The number of furan rings is 3. The lowest BCUT2D eigenvalue weighted by Crippen LogP contribution is -2.09. The van der Waals surface area contributed by atoms with Crippen molar-refractivity contribution in [3.63, 3.8) is 0 Å². The normalized spacial score (nSPS) is 12.5. The molecule has 3 atom stereocenters. The molecule has 0 N–H and O–H groups in total. The maximum absolute atomic E-state index is 11.7. The number of benzene rings is 8. The molecule has 3 unspecified atom stereocenters. The topological polar surface area (TPSA) is 178 Å². The van der Waals surface area contributed by atoms with Crippen molar-refractivity contribution in [2.45, 2.75) is 76.0 Å². The summed E-state index contributed by atoms with van der Waals surface area (Å²) in [5, 5.41) is 29.5. The highest BCUT2D eigenvalue weighted by Crippen LogP contribution is 2.43. The van der Waals surface area contributed by atoms with E-state index in [0.717, 1.165) is 83.4 Å². The minimum absolute atomic E-state index is 0. The molecular formula is C63H55Br3N2O11. The summed E-state index contributed by atoms with van der Waals surface area (Å²) < 4.78 is 27.3. The number of ether oxygens (including phenoxy) is 2. The van der Waals surface area contributed by atoms with E-state index in [1.807, 2.05) is 105 Å². The third-order valence-electron chi connectivity index (χ3n) is 13.7. The fourth-order valence-electron chi connectivity index (χ4n) is 9.72. The summed E-state index contributed by atoms with van der Waals surface area (Å²) in [4.78, 5) is 44.5. The maximum atomic E-state index is 11.7. The van der Waals surface area contributed by atoms with Crippen LogP contribution >= 0.6 is 47.8 Å². The number of para-hydroxylation sites is 3. The number of alkyl halides is 3. The van der Waals surface area contributed by atoms with Gasteiger partial charge >= 0.3 is 11.9 Å². The molecule has 0 saturated heterocycles. The van der Waals surface area contributed by atoms with Gasteiger partial charge in [0.1, 0.15) is 44.4 Å². The van der Waals surface area contributed by atoms with Crippen LogP contribution in [0.1, 0.15) is 94.9 Å². The Kier molecular flexibility index (Phi) is 17.9. The van der Waals surface area contributed by atoms with Crippen LogP contribution < -0.4 is 0 Å². The Morgan fingerprint density at radius 2 is 1.06 bits per heavy atom. The van der Waals surface area contributed by atoms with Gasteiger partial charge in [-0.15, -0.1) is 0 Å². The zero-order valence-electron chi connectivity index (χ0n) is 43.2. The van der Waals surface area contributed by atoms with Gasteiger partial charge in [-0.1, -0.05) is 141 Å². The number of hydrogen-bond donors (Lipinski definition) is 0. The molecule has 11 aromatic rings. The van der Waals surface area contributed by atoms with Crippen LogP contribution in [0.15, 0.2) is 159 Å². The SMILES string of the molecule is C.CC(Br)c1cc2c(cc1[N+](=O)[O-])Cc1ccccc1-2.CCC(=O)OC(C)c1cc2c(cc1[N+](=O)[O-])oc1ccccc12.COC(=O)C(Br)c1cc2c(cc1C)oc1ccccc12.Cc1cc2oc3ccccc3c2cc1CBr. The largest absolute Gasteiger partial charge is 0.468 e. The van der Waals surface area contributed by atoms with Crippen molar-refractivity contribution in [1.82, 2.24) is 0 Å². The summed E-state index contributed by atoms with van der Waals surface area (Å²) in [6, 6.07) is 46.7. The van der Waals surface area contributed by atoms with Crippen LogP contribution in [0.5, 0.6) is 0 Å². The number of carbonyl (C=O) groups excluding carboxylic acids is 2. The van der Waals surface area contributed by atoms with Crippen molar-refractivity contribution in [3.8, 4) is 11.1 Å². The summed E-state index contributed by atoms with van der Waals surface area (Å²) in [6.45, 7) is 9.29. The average molecular weight is 1260 g/mol. The Bertz CT molecular complexity index is 4120. The van der Waals surface area contributed by atoms with Crippen LogP contribution in [0.3, 0.4) is 0 Å². The maximum Gasteiger partial charge on any atom is 0.324 e. The average Bonchev–Trinajstić information content (AvgIpc) is 4.38. The summed E-state index contributed by atoms with van der Waals surface area (Å²) in [7, 11) is 1.39. The molecule has 1 aliphatic rings. The minimum Gasteiger partial charge on any atom is -0.468 e. The van der Waals surface area contributed by atoms with Gasteiger partial charge in [0.2, 0.25) is 0 Å². The van der Waals surface area contributed by atoms with Gasteiger partial charge in [-0.3, -0.25) is 29.8 Å². The van der Waals surface area contributed by atoms with Gasteiger partial charge in [-0.2, -0.15) is 0 Å². The van der Waals surface area contributed by atoms with Gasteiger partial charge in [0.15, 0.2) is 0 Å². The second kappa shape index (κ2) is 24.6. The third kappa shape index (κ3) is 11.9. The molecule has 16 heteroatoms. The van der Waals surface area contributed by atoms with Gasteiger partial charge in [-0.25, -0.2) is 0 Å².